The normalized spacial score (nSPS) is 25.9. The number of amides is 1. The van der Waals surface area contributed by atoms with Crippen LogP contribution in [0.15, 0.2) is 36.4 Å². The lowest BCUT2D eigenvalue weighted by molar-refractivity contribution is -0.134. The maximum Gasteiger partial charge on any atom is 0.226 e. The molecule has 3 rings (SSSR count). The number of carbonyl (C=O) groups is 1. The lowest BCUT2D eigenvalue weighted by Crippen LogP contribution is -2.34. The molecular formula is C18H23NO. The van der Waals surface area contributed by atoms with Crippen LogP contribution >= 0.6 is 0 Å². The number of hydrogen-bond donors (Lipinski definition) is 0. The smallest absolute Gasteiger partial charge is 0.226 e. The first-order valence-corrected chi connectivity index (χ1v) is 7.75. The van der Waals surface area contributed by atoms with Gasteiger partial charge in [-0.2, -0.15) is 0 Å². The van der Waals surface area contributed by atoms with E-state index >= 15 is 0 Å². The SMILES string of the molecule is Cc1ccccc1[C@@H]1CCN(C(=O)[C@H]2CC=CCC2)C1. The predicted octanol–water partition coefficient (Wildman–Crippen LogP) is 3.67. The Kier molecular flexibility index (Phi) is 3.90. The fourth-order valence-corrected chi connectivity index (χ4v) is 3.54. The van der Waals surface area contributed by atoms with Crippen molar-refractivity contribution in [2.75, 3.05) is 13.1 Å². The zero-order valence-corrected chi connectivity index (χ0v) is 12.2. The predicted molar refractivity (Wildman–Crippen MR) is 81.6 cm³/mol. The molecule has 0 N–H and O–H groups in total. The highest BCUT2D eigenvalue weighted by Gasteiger charge is 2.31. The number of carbonyl (C=O) groups excluding carboxylic acids is 1. The van der Waals surface area contributed by atoms with Crippen LogP contribution in [0.3, 0.4) is 0 Å². The van der Waals surface area contributed by atoms with Crippen molar-refractivity contribution in [2.45, 2.75) is 38.5 Å². The van der Waals surface area contributed by atoms with Crippen LogP contribution in [0.1, 0.15) is 42.7 Å². The van der Waals surface area contributed by atoms with E-state index in [0.717, 1.165) is 38.8 Å². The first-order chi connectivity index (χ1) is 9.75. The molecule has 1 amide bonds. The summed E-state index contributed by atoms with van der Waals surface area (Å²) in [6, 6.07) is 8.59. The Hall–Kier alpha value is -1.57. The summed E-state index contributed by atoms with van der Waals surface area (Å²) in [5.74, 6) is 1.14. The fraction of sp³-hybridized carbons (Fsp3) is 0.500. The molecule has 20 heavy (non-hydrogen) atoms. The summed E-state index contributed by atoms with van der Waals surface area (Å²) in [4.78, 5) is 14.7. The highest BCUT2D eigenvalue weighted by atomic mass is 16.2. The van der Waals surface area contributed by atoms with Gasteiger partial charge in [-0.25, -0.2) is 0 Å². The van der Waals surface area contributed by atoms with Crippen molar-refractivity contribution < 1.29 is 4.79 Å². The van der Waals surface area contributed by atoms with Crippen molar-refractivity contribution in [2.24, 2.45) is 5.92 Å². The molecule has 1 saturated heterocycles. The van der Waals surface area contributed by atoms with E-state index in [4.69, 9.17) is 0 Å². The Morgan fingerprint density at radius 1 is 1.20 bits per heavy atom. The van der Waals surface area contributed by atoms with Crippen LogP contribution < -0.4 is 0 Å². The second-order valence-electron chi connectivity index (χ2n) is 6.11. The highest BCUT2D eigenvalue weighted by Crippen LogP contribution is 2.31. The Bertz CT molecular complexity index is 520. The number of nitrogens with zero attached hydrogens (tertiary/aromatic N) is 1. The maximum absolute atomic E-state index is 12.6. The molecule has 1 aromatic rings. The van der Waals surface area contributed by atoms with Crippen LogP contribution in [0.4, 0.5) is 0 Å². The molecule has 2 heteroatoms. The molecule has 1 aliphatic carbocycles. The second kappa shape index (κ2) is 5.82. The quantitative estimate of drug-likeness (QED) is 0.750. The van der Waals surface area contributed by atoms with Crippen molar-refractivity contribution in [1.82, 2.24) is 4.90 Å². The van der Waals surface area contributed by atoms with E-state index in [9.17, 15) is 4.79 Å². The lowest BCUT2D eigenvalue weighted by atomic mass is 9.92. The summed E-state index contributed by atoms with van der Waals surface area (Å²) < 4.78 is 0. The van der Waals surface area contributed by atoms with Gasteiger partial charge in [-0.15, -0.1) is 0 Å². The zero-order valence-electron chi connectivity index (χ0n) is 12.2. The number of aryl methyl sites for hydroxylation is 1. The van der Waals surface area contributed by atoms with E-state index in [1.165, 1.54) is 11.1 Å². The van der Waals surface area contributed by atoms with Crippen molar-refractivity contribution in [3.63, 3.8) is 0 Å². The van der Waals surface area contributed by atoms with Gasteiger partial charge in [0, 0.05) is 24.9 Å². The third-order valence-electron chi connectivity index (χ3n) is 4.75. The molecule has 1 fully saturated rings. The number of rotatable bonds is 2. The minimum absolute atomic E-state index is 0.232. The number of benzene rings is 1. The van der Waals surface area contributed by atoms with Crippen molar-refractivity contribution in [3.05, 3.63) is 47.5 Å². The van der Waals surface area contributed by atoms with Crippen molar-refractivity contribution in [1.29, 1.82) is 0 Å². The molecule has 1 heterocycles. The van der Waals surface area contributed by atoms with Gasteiger partial charge in [-0.05, 0) is 43.7 Å². The molecule has 0 saturated carbocycles. The van der Waals surface area contributed by atoms with E-state index in [1.54, 1.807) is 0 Å². The Balaban J connectivity index is 1.66. The molecule has 0 spiro atoms. The number of hydrogen-bond acceptors (Lipinski definition) is 1. The molecule has 2 atom stereocenters. The molecule has 0 radical (unpaired) electrons. The molecule has 0 unspecified atom stereocenters. The van der Waals surface area contributed by atoms with E-state index in [1.807, 2.05) is 0 Å². The van der Waals surface area contributed by atoms with Gasteiger partial charge in [0.05, 0.1) is 0 Å². The van der Waals surface area contributed by atoms with E-state index in [-0.39, 0.29) is 5.92 Å². The van der Waals surface area contributed by atoms with Gasteiger partial charge in [-0.3, -0.25) is 4.79 Å². The van der Waals surface area contributed by atoms with E-state index in [0.29, 0.717) is 11.8 Å². The Morgan fingerprint density at radius 2 is 2.05 bits per heavy atom. The van der Waals surface area contributed by atoms with Crippen LogP contribution in [-0.2, 0) is 4.79 Å². The zero-order chi connectivity index (χ0) is 13.9. The molecular weight excluding hydrogens is 246 g/mol. The Labute approximate surface area is 121 Å². The summed E-state index contributed by atoms with van der Waals surface area (Å²) in [5, 5.41) is 0. The molecule has 2 aliphatic rings. The van der Waals surface area contributed by atoms with Gasteiger partial charge in [0.25, 0.3) is 0 Å². The van der Waals surface area contributed by atoms with Gasteiger partial charge in [0.15, 0.2) is 0 Å². The van der Waals surface area contributed by atoms with Crippen LogP contribution in [0.5, 0.6) is 0 Å². The van der Waals surface area contributed by atoms with Gasteiger partial charge in [0.2, 0.25) is 5.91 Å². The van der Waals surface area contributed by atoms with Crippen molar-refractivity contribution >= 4 is 5.91 Å². The largest absolute Gasteiger partial charge is 0.342 e. The van der Waals surface area contributed by atoms with Gasteiger partial charge in [-0.1, -0.05) is 36.4 Å². The summed E-state index contributed by atoms with van der Waals surface area (Å²) in [6.07, 6.45) is 8.50. The molecule has 1 aromatic carbocycles. The first kappa shape index (κ1) is 13.4. The maximum atomic E-state index is 12.6. The fourth-order valence-electron chi connectivity index (χ4n) is 3.54. The van der Waals surface area contributed by atoms with Gasteiger partial charge >= 0.3 is 0 Å². The third kappa shape index (κ3) is 2.65. The molecule has 2 nitrogen and oxygen atoms in total. The standard InChI is InChI=1S/C18H23NO/c1-14-7-5-6-10-17(14)16-11-12-19(13-16)18(20)15-8-3-2-4-9-15/h2-3,5-7,10,15-16H,4,8-9,11-13H2,1H3/t15-,16+/m0/s1. The van der Waals surface area contributed by atoms with Crippen LogP contribution in [-0.4, -0.2) is 23.9 Å². The molecule has 1 aliphatic heterocycles. The molecule has 0 bridgehead atoms. The average Bonchev–Trinajstić information content (AvgIpc) is 2.97. The number of likely N-dealkylation sites (tertiary alicyclic amines) is 1. The highest BCUT2D eigenvalue weighted by molar-refractivity contribution is 5.79. The van der Waals surface area contributed by atoms with Crippen LogP contribution in [0, 0.1) is 12.8 Å². The number of allylic oxidation sites excluding steroid dienone is 2. The lowest BCUT2D eigenvalue weighted by Gasteiger charge is -2.24. The minimum atomic E-state index is 0.232. The third-order valence-corrected chi connectivity index (χ3v) is 4.75. The molecule has 106 valence electrons. The molecule has 0 aromatic heterocycles. The average molecular weight is 269 g/mol. The first-order valence-electron chi connectivity index (χ1n) is 7.75. The summed E-state index contributed by atoms with van der Waals surface area (Å²) >= 11 is 0. The summed E-state index contributed by atoms with van der Waals surface area (Å²) in [7, 11) is 0. The van der Waals surface area contributed by atoms with E-state index < -0.39 is 0 Å². The summed E-state index contributed by atoms with van der Waals surface area (Å²) in [6.45, 7) is 4.01. The summed E-state index contributed by atoms with van der Waals surface area (Å²) in [5.41, 5.74) is 2.78. The monoisotopic (exact) mass is 269 g/mol. The van der Waals surface area contributed by atoms with E-state index in [2.05, 4.69) is 48.2 Å². The van der Waals surface area contributed by atoms with Crippen LogP contribution in [0.25, 0.3) is 0 Å². The van der Waals surface area contributed by atoms with Gasteiger partial charge in [0.1, 0.15) is 0 Å². The van der Waals surface area contributed by atoms with Crippen LogP contribution in [0.2, 0.25) is 0 Å². The van der Waals surface area contributed by atoms with Gasteiger partial charge < -0.3 is 4.90 Å². The topological polar surface area (TPSA) is 20.3 Å². The Morgan fingerprint density at radius 3 is 2.80 bits per heavy atom. The second-order valence-corrected chi connectivity index (χ2v) is 6.11. The minimum Gasteiger partial charge on any atom is -0.342 e. The van der Waals surface area contributed by atoms with Crippen molar-refractivity contribution in [3.8, 4) is 0 Å².